The van der Waals surface area contributed by atoms with Crippen LogP contribution in [0.2, 0.25) is 0 Å². The summed E-state index contributed by atoms with van der Waals surface area (Å²) in [6.07, 6.45) is 2.81. The van der Waals surface area contributed by atoms with Crippen molar-refractivity contribution >= 4 is 5.84 Å². The standard InChI is InChI=1S/C9H12N2O/c1-7-3-6-12-8(7)9-10-4-2-5-11-9/h3,6H,2,4-5H2,1H3,(H,10,11). The topological polar surface area (TPSA) is 37.5 Å². The molecule has 1 aromatic heterocycles. The smallest absolute Gasteiger partial charge is 0.171 e. The van der Waals surface area contributed by atoms with Crippen LogP contribution in [0.25, 0.3) is 0 Å². The van der Waals surface area contributed by atoms with Crippen molar-refractivity contribution in [3.05, 3.63) is 23.7 Å². The van der Waals surface area contributed by atoms with Crippen molar-refractivity contribution in [1.82, 2.24) is 5.32 Å². The molecule has 0 fully saturated rings. The molecule has 0 aliphatic carbocycles. The number of hydrogen-bond donors (Lipinski definition) is 1. The van der Waals surface area contributed by atoms with Gasteiger partial charge < -0.3 is 9.73 Å². The first-order valence-corrected chi connectivity index (χ1v) is 4.21. The SMILES string of the molecule is Cc1ccoc1C1=NCCCN1. The molecule has 1 aliphatic heterocycles. The van der Waals surface area contributed by atoms with E-state index in [-0.39, 0.29) is 0 Å². The number of aliphatic imine (C=N–C) groups is 1. The van der Waals surface area contributed by atoms with Gasteiger partial charge in [-0.3, -0.25) is 4.99 Å². The van der Waals surface area contributed by atoms with E-state index in [1.165, 1.54) is 0 Å². The monoisotopic (exact) mass is 164 g/mol. The van der Waals surface area contributed by atoms with Gasteiger partial charge >= 0.3 is 0 Å². The Morgan fingerprint density at radius 2 is 2.50 bits per heavy atom. The molecule has 0 aromatic carbocycles. The summed E-state index contributed by atoms with van der Waals surface area (Å²) in [4.78, 5) is 4.34. The average Bonchev–Trinajstić information content (AvgIpc) is 2.53. The first kappa shape index (κ1) is 7.40. The van der Waals surface area contributed by atoms with Gasteiger partial charge in [-0.05, 0) is 25.0 Å². The second-order valence-electron chi connectivity index (χ2n) is 2.94. The summed E-state index contributed by atoms with van der Waals surface area (Å²) in [5.74, 6) is 1.79. The third kappa shape index (κ3) is 1.22. The molecule has 3 heteroatoms. The molecule has 12 heavy (non-hydrogen) atoms. The van der Waals surface area contributed by atoms with E-state index in [2.05, 4.69) is 10.3 Å². The Morgan fingerprint density at radius 3 is 3.08 bits per heavy atom. The Hall–Kier alpha value is -1.25. The van der Waals surface area contributed by atoms with Crippen molar-refractivity contribution in [2.75, 3.05) is 13.1 Å². The fourth-order valence-electron chi connectivity index (χ4n) is 1.30. The molecule has 3 nitrogen and oxygen atoms in total. The zero-order chi connectivity index (χ0) is 8.39. The second kappa shape index (κ2) is 3.01. The first-order valence-electron chi connectivity index (χ1n) is 4.21. The Balaban J connectivity index is 2.29. The van der Waals surface area contributed by atoms with Crippen LogP contribution < -0.4 is 5.32 Å². The van der Waals surface area contributed by atoms with E-state index in [0.717, 1.165) is 36.7 Å². The van der Waals surface area contributed by atoms with E-state index in [9.17, 15) is 0 Å². The Kier molecular flexibility index (Phi) is 1.86. The lowest BCUT2D eigenvalue weighted by Crippen LogP contribution is -2.30. The van der Waals surface area contributed by atoms with Gasteiger partial charge in [-0.2, -0.15) is 0 Å². The van der Waals surface area contributed by atoms with Gasteiger partial charge in [0.05, 0.1) is 6.26 Å². The maximum atomic E-state index is 5.31. The summed E-state index contributed by atoms with van der Waals surface area (Å²) < 4.78 is 5.31. The summed E-state index contributed by atoms with van der Waals surface area (Å²) in [6, 6.07) is 1.95. The van der Waals surface area contributed by atoms with Crippen molar-refractivity contribution in [3.63, 3.8) is 0 Å². The Bertz CT molecular complexity index is 301. The molecule has 0 amide bonds. The van der Waals surface area contributed by atoms with E-state index < -0.39 is 0 Å². The molecule has 0 spiro atoms. The number of rotatable bonds is 1. The molecule has 0 bridgehead atoms. The molecular weight excluding hydrogens is 152 g/mol. The number of hydrogen-bond acceptors (Lipinski definition) is 3. The van der Waals surface area contributed by atoms with Gasteiger partial charge in [-0.1, -0.05) is 0 Å². The average molecular weight is 164 g/mol. The van der Waals surface area contributed by atoms with Gasteiger partial charge in [-0.25, -0.2) is 0 Å². The predicted molar refractivity (Wildman–Crippen MR) is 47.5 cm³/mol. The molecule has 1 aromatic rings. The number of aryl methyl sites for hydroxylation is 1. The highest BCUT2D eigenvalue weighted by molar-refractivity contribution is 5.97. The summed E-state index contributed by atoms with van der Waals surface area (Å²) in [5.41, 5.74) is 1.14. The molecule has 2 rings (SSSR count). The van der Waals surface area contributed by atoms with Crippen LogP contribution in [0.15, 0.2) is 21.7 Å². The van der Waals surface area contributed by atoms with E-state index in [1.54, 1.807) is 6.26 Å². The van der Waals surface area contributed by atoms with Crippen LogP contribution >= 0.6 is 0 Å². The molecule has 2 heterocycles. The number of amidine groups is 1. The molecule has 1 aliphatic rings. The molecule has 0 radical (unpaired) electrons. The van der Waals surface area contributed by atoms with E-state index >= 15 is 0 Å². The third-order valence-electron chi connectivity index (χ3n) is 1.97. The van der Waals surface area contributed by atoms with Crippen LogP contribution in [0.3, 0.4) is 0 Å². The van der Waals surface area contributed by atoms with Crippen molar-refractivity contribution < 1.29 is 4.42 Å². The van der Waals surface area contributed by atoms with Crippen LogP contribution in [0.5, 0.6) is 0 Å². The zero-order valence-electron chi connectivity index (χ0n) is 7.13. The zero-order valence-corrected chi connectivity index (χ0v) is 7.13. The Labute approximate surface area is 71.5 Å². The van der Waals surface area contributed by atoms with Gasteiger partial charge in [0, 0.05) is 13.1 Å². The van der Waals surface area contributed by atoms with Crippen LogP contribution in [-0.2, 0) is 0 Å². The summed E-state index contributed by atoms with van der Waals surface area (Å²) >= 11 is 0. The van der Waals surface area contributed by atoms with Crippen molar-refractivity contribution in [3.8, 4) is 0 Å². The molecule has 0 unspecified atom stereocenters. The maximum absolute atomic E-state index is 5.31. The van der Waals surface area contributed by atoms with Gasteiger partial charge in [-0.15, -0.1) is 0 Å². The molecule has 0 saturated carbocycles. The molecule has 64 valence electrons. The first-order chi connectivity index (χ1) is 5.88. The normalized spacial score (nSPS) is 16.9. The van der Waals surface area contributed by atoms with E-state index in [1.807, 2.05) is 13.0 Å². The predicted octanol–water partition coefficient (Wildman–Crippen LogP) is 1.33. The lowest BCUT2D eigenvalue weighted by atomic mass is 10.2. The summed E-state index contributed by atoms with van der Waals surface area (Å²) in [5, 5.41) is 3.22. The van der Waals surface area contributed by atoms with Crippen molar-refractivity contribution in [2.45, 2.75) is 13.3 Å². The fraction of sp³-hybridized carbons (Fsp3) is 0.444. The lowest BCUT2D eigenvalue weighted by molar-refractivity contribution is 0.547. The lowest BCUT2D eigenvalue weighted by Gasteiger charge is -2.12. The minimum absolute atomic E-state index is 0.884. The molecule has 1 N–H and O–H groups in total. The molecular formula is C9H12N2O. The second-order valence-corrected chi connectivity index (χ2v) is 2.94. The van der Waals surface area contributed by atoms with Gasteiger partial charge in [0.15, 0.2) is 11.6 Å². The highest BCUT2D eigenvalue weighted by atomic mass is 16.3. The van der Waals surface area contributed by atoms with E-state index in [0.29, 0.717) is 0 Å². The van der Waals surface area contributed by atoms with Crippen LogP contribution in [0.4, 0.5) is 0 Å². The quantitative estimate of drug-likeness (QED) is 0.679. The van der Waals surface area contributed by atoms with Gasteiger partial charge in [0.1, 0.15) is 0 Å². The number of nitrogens with one attached hydrogen (secondary N) is 1. The maximum Gasteiger partial charge on any atom is 0.171 e. The Morgan fingerprint density at radius 1 is 1.58 bits per heavy atom. The van der Waals surface area contributed by atoms with Gasteiger partial charge in [0.25, 0.3) is 0 Å². The van der Waals surface area contributed by atoms with Crippen LogP contribution in [0.1, 0.15) is 17.7 Å². The summed E-state index contributed by atoms with van der Waals surface area (Å²) in [7, 11) is 0. The fourth-order valence-corrected chi connectivity index (χ4v) is 1.30. The van der Waals surface area contributed by atoms with Crippen LogP contribution in [-0.4, -0.2) is 18.9 Å². The number of furan rings is 1. The van der Waals surface area contributed by atoms with Crippen molar-refractivity contribution in [1.29, 1.82) is 0 Å². The molecule has 0 saturated heterocycles. The highest BCUT2D eigenvalue weighted by Crippen LogP contribution is 2.10. The van der Waals surface area contributed by atoms with Crippen molar-refractivity contribution in [2.24, 2.45) is 4.99 Å². The largest absolute Gasteiger partial charge is 0.461 e. The van der Waals surface area contributed by atoms with Gasteiger partial charge in [0.2, 0.25) is 0 Å². The minimum Gasteiger partial charge on any atom is -0.461 e. The third-order valence-corrected chi connectivity index (χ3v) is 1.97. The molecule has 0 atom stereocenters. The highest BCUT2D eigenvalue weighted by Gasteiger charge is 2.11. The van der Waals surface area contributed by atoms with E-state index in [4.69, 9.17) is 4.42 Å². The summed E-state index contributed by atoms with van der Waals surface area (Å²) in [6.45, 7) is 3.93. The van der Waals surface area contributed by atoms with Crippen LogP contribution in [0, 0.1) is 6.92 Å². The number of nitrogens with zero attached hydrogens (tertiary/aromatic N) is 1. The minimum atomic E-state index is 0.884.